The highest BCUT2D eigenvalue weighted by atomic mass is 35.5. The quantitative estimate of drug-likeness (QED) is 0.737. The molecule has 0 atom stereocenters. The average Bonchev–Trinajstić information content (AvgIpc) is 2.60. The van der Waals surface area contributed by atoms with Crippen LogP contribution in [-0.2, 0) is 21.4 Å². The van der Waals surface area contributed by atoms with E-state index < -0.39 is 10.0 Å². The molecule has 0 bridgehead atoms. The number of carbonyl (C=O) groups excluding carboxylic acids is 1. The zero-order valence-electron chi connectivity index (χ0n) is 14.5. The maximum absolute atomic E-state index is 12.2. The Bertz CT molecular complexity index is 860. The van der Waals surface area contributed by atoms with E-state index in [1.165, 1.54) is 13.2 Å². The van der Waals surface area contributed by atoms with Gasteiger partial charge in [-0.2, -0.15) is 0 Å². The first-order chi connectivity index (χ1) is 12.3. The van der Waals surface area contributed by atoms with Gasteiger partial charge in [-0.15, -0.1) is 0 Å². The number of aromatic nitrogens is 1. The van der Waals surface area contributed by atoms with Crippen molar-refractivity contribution in [1.29, 1.82) is 0 Å². The average molecular weight is 398 g/mol. The predicted molar refractivity (Wildman–Crippen MR) is 101 cm³/mol. The van der Waals surface area contributed by atoms with E-state index in [9.17, 15) is 13.2 Å². The maximum atomic E-state index is 12.2. The van der Waals surface area contributed by atoms with E-state index in [1.54, 1.807) is 30.6 Å². The van der Waals surface area contributed by atoms with E-state index in [-0.39, 0.29) is 18.9 Å². The minimum atomic E-state index is -3.63. The molecule has 0 unspecified atom stereocenters. The van der Waals surface area contributed by atoms with Gasteiger partial charge in [0.05, 0.1) is 19.1 Å². The zero-order chi connectivity index (χ0) is 19.2. The third kappa shape index (κ3) is 5.60. The van der Waals surface area contributed by atoms with Crippen LogP contribution in [0.1, 0.15) is 12.0 Å². The molecule has 0 aliphatic carbocycles. The number of carbonyl (C=O) groups is 1. The molecule has 0 aliphatic rings. The molecule has 140 valence electrons. The van der Waals surface area contributed by atoms with Crippen molar-refractivity contribution in [3.05, 3.63) is 53.3 Å². The number of sulfonamides is 1. The van der Waals surface area contributed by atoms with Crippen molar-refractivity contribution in [2.75, 3.05) is 24.2 Å². The monoisotopic (exact) mass is 397 g/mol. The van der Waals surface area contributed by atoms with Gasteiger partial charge in [0.25, 0.3) is 0 Å². The van der Waals surface area contributed by atoms with Crippen molar-refractivity contribution in [1.82, 2.24) is 10.3 Å². The molecular weight excluding hydrogens is 378 g/mol. The number of halogens is 1. The normalized spacial score (nSPS) is 11.0. The molecule has 1 amide bonds. The molecule has 26 heavy (non-hydrogen) atoms. The molecule has 0 saturated heterocycles. The Hall–Kier alpha value is -2.32. The Morgan fingerprint density at radius 1 is 1.35 bits per heavy atom. The zero-order valence-corrected chi connectivity index (χ0v) is 16.0. The first kappa shape index (κ1) is 20.0. The molecule has 0 fully saturated rings. The molecule has 1 aromatic heterocycles. The minimum absolute atomic E-state index is 0.0109. The number of hydrogen-bond acceptors (Lipinski definition) is 5. The van der Waals surface area contributed by atoms with Crippen molar-refractivity contribution in [2.45, 2.75) is 13.0 Å². The standard InChI is InChI=1S/C17H20ClN3O4S/c1-25-16-6-5-14(18)10-15(16)21(26(2,23)24)9-7-17(22)20-12-13-4-3-8-19-11-13/h3-6,8,10-11H,7,9,12H2,1-2H3,(H,20,22). The number of ether oxygens (including phenoxy) is 1. The number of amides is 1. The van der Waals surface area contributed by atoms with E-state index >= 15 is 0 Å². The highest BCUT2D eigenvalue weighted by Crippen LogP contribution is 2.32. The van der Waals surface area contributed by atoms with Gasteiger partial charge >= 0.3 is 0 Å². The lowest BCUT2D eigenvalue weighted by molar-refractivity contribution is -0.121. The number of methoxy groups -OCH3 is 1. The van der Waals surface area contributed by atoms with Crippen molar-refractivity contribution < 1.29 is 17.9 Å². The summed E-state index contributed by atoms with van der Waals surface area (Å²) in [7, 11) is -2.19. The number of benzene rings is 1. The lowest BCUT2D eigenvalue weighted by Gasteiger charge is -2.24. The summed E-state index contributed by atoms with van der Waals surface area (Å²) < 4.78 is 30.7. The first-order valence-electron chi connectivity index (χ1n) is 7.78. The van der Waals surface area contributed by atoms with Crippen LogP contribution in [0.2, 0.25) is 5.02 Å². The molecule has 1 N–H and O–H groups in total. The van der Waals surface area contributed by atoms with E-state index in [0.717, 1.165) is 16.1 Å². The molecule has 7 nitrogen and oxygen atoms in total. The molecule has 9 heteroatoms. The van der Waals surface area contributed by atoms with Crippen LogP contribution < -0.4 is 14.4 Å². The second-order valence-electron chi connectivity index (χ2n) is 5.54. The number of anilines is 1. The molecule has 2 aromatic rings. The van der Waals surface area contributed by atoms with Crippen molar-refractivity contribution in [3.63, 3.8) is 0 Å². The van der Waals surface area contributed by atoms with Crippen LogP contribution in [0.4, 0.5) is 5.69 Å². The number of rotatable bonds is 8. The van der Waals surface area contributed by atoms with Crippen LogP contribution in [0.5, 0.6) is 5.75 Å². The topological polar surface area (TPSA) is 88.6 Å². The number of nitrogens with zero attached hydrogens (tertiary/aromatic N) is 2. The Balaban J connectivity index is 2.07. The van der Waals surface area contributed by atoms with Gasteiger partial charge in [0.2, 0.25) is 15.9 Å². The van der Waals surface area contributed by atoms with E-state index in [1.807, 2.05) is 6.07 Å². The van der Waals surface area contributed by atoms with Crippen LogP contribution in [0.3, 0.4) is 0 Å². The molecule has 1 aromatic carbocycles. The summed E-state index contributed by atoms with van der Waals surface area (Å²) in [5, 5.41) is 3.11. The second kappa shape index (κ2) is 8.86. The van der Waals surface area contributed by atoms with Crippen molar-refractivity contribution in [2.24, 2.45) is 0 Å². The second-order valence-corrected chi connectivity index (χ2v) is 7.88. The van der Waals surface area contributed by atoms with Gasteiger partial charge in [0.15, 0.2) is 0 Å². The fourth-order valence-corrected chi connectivity index (χ4v) is 3.41. The van der Waals surface area contributed by atoms with Crippen molar-refractivity contribution in [3.8, 4) is 5.75 Å². The fourth-order valence-electron chi connectivity index (χ4n) is 2.32. The lowest BCUT2D eigenvalue weighted by atomic mass is 10.2. The van der Waals surface area contributed by atoms with Gasteiger partial charge < -0.3 is 10.1 Å². The van der Waals surface area contributed by atoms with Gasteiger partial charge in [0, 0.05) is 36.9 Å². The highest BCUT2D eigenvalue weighted by Gasteiger charge is 2.22. The van der Waals surface area contributed by atoms with Gasteiger partial charge in [-0.05, 0) is 29.8 Å². The fraction of sp³-hybridized carbons (Fsp3) is 0.294. The number of nitrogens with one attached hydrogen (secondary N) is 1. The number of hydrogen-bond donors (Lipinski definition) is 1. The van der Waals surface area contributed by atoms with Crippen LogP contribution in [0.15, 0.2) is 42.7 Å². The summed E-state index contributed by atoms with van der Waals surface area (Å²) in [4.78, 5) is 16.1. The van der Waals surface area contributed by atoms with E-state index in [4.69, 9.17) is 16.3 Å². The van der Waals surface area contributed by atoms with Gasteiger partial charge in [0.1, 0.15) is 5.75 Å². The molecule has 1 heterocycles. The Morgan fingerprint density at radius 2 is 2.12 bits per heavy atom. The third-order valence-electron chi connectivity index (χ3n) is 3.56. The molecule has 0 saturated carbocycles. The summed E-state index contributed by atoms with van der Waals surface area (Å²) >= 11 is 5.99. The van der Waals surface area contributed by atoms with Crippen LogP contribution >= 0.6 is 11.6 Å². The molecule has 0 radical (unpaired) electrons. The van der Waals surface area contributed by atoms with Crippen molar-refractivity contribution >= 4 is 33.2 Å². The molecular formula is C17H20ClN3O4S. The predicted octanol–water partition coefficient (Wildman–Crippen LogP) is 2.22. The van der Waals surface area contributed by atoms with E-state index in [2.05, 4.69) is 10.3 Å². The molecule has 0 spiro atoms. The van der Waals surface area contributed by atoms with Crippen LogP contribution in [-0.4, -0.2) is 39.2 Å². The first-order valence-corrected chi connectivity index (χ1v) is 10.0. The smallest absolute Gasteiger partial charge is 0.232 e. The summed E-state index contributed by atoms with van der Waals surface area (Å²) in [6, 6.07) is 8.30. The summed E-state index contributed by atoms with van der Waals surface area (Å²) in [6.45, 7) is 0.292. The highest BCUT2D eigenvalue weighted by molar-refractivity contribution is 7.92. The number of pyridine rings is 1. The molecule has 2 rings (SSSR count). The minimum Gasteiger partial charge on any atom is -0.495 e. The third-order valence-corrected chi connectivity index (χ3v) is 4.98. The Morgan fingerprint density at radius 3 is 2.73 bits per heavy atom. The van der Waals surface area contributed by atoms with Crippen LogP contribution in [0.25, 0.3) is 0 Å². The SMILES string of the molecule is COc1ccc(Cl)cc1N(CCC(=O)NCc1cccnc1)S(C)(=O)=O. The summed E-state index contributed by atoms with van der Waals surface area (Å²) in [5.41, 5.74) is 1.15. The lowest BCUT2D eigenvalue weighted by Crippen LogP contribution is -2.34. The summed E-state index contributed by atoms with van der Waals surface area (Å²) in [6.07, 6.45) is 4.36. The largest absolute Gasteiger partial charge is 0.495 e. The van der Waals surface area contributed by atoms with Gasteiger partial charge in [-0.25, -0.2) is 8.42 Å². The molecule has 0 aliphatic heterocycles. The van der Waals surface area contributed by atoms with E-state index in [0.29, 0.717) is 23.0 Å². The van der Waals surface area contributed by atoms with Gasteiger partial charge in [-0.3, -0.25) is 14.1 Å². The Labute approximate surface area is 158 Å². The van der Waals surface area contributed by atoms with Crippen LogP contribution in [0, 0.1) is 0 Å². The maximum Gasteiger partial charge on any atom is 0.232 e. The Kier molecular flexibility index (Phi) is 6.82. The summed E-state index contributed by atoms with van der Waals surface area (Å²) in [5.74, 6) is 0.0825. The van der Waals surface area contributed by atoms with Gasteiger partial charge in [-0.1, -0.05) is 17.7 Å².